The molecule has 0 saturated carbocycles. The molecule has 0 spiro atoms. The molecule has 0 amide bonds. The van der Waals surface area contributed by atoms with Gasteiger partial charge in [-0.15, -0.1) is 0 Å². The lowest BCUT2D eigenvalue weighted by atomic mass is 10.0. The summed E-state index contributed by atoms with van der Waals surface area (Å²) in [4.78, 5) is 10.7. The molecule has 0 aliphatic rings. The molecule has 1 unspecified atom stereocenters. The summed E-state index contributed by atoms with van der Waals surface area (Å²) < 4.78 is 10.1. The van der Waals surface area contributed by atoms with Gasteiger partial charge in [-0.05, 0) is 30.2 Å². The predicted molar refractivity (Wildman–Crippen MR) is 56.9 cm³/mol. The van der Waals surface area contributed by atoms with E-state index in [1.54, 1.807) is 13.0 Å². The number of carboxylic acids is 1. The molecule has 88 valence electrons. The van der Waals surface area contributed by atoms with Gasteiger partial charge >= 0.3 is 5.97 Å². The first-order valence-electron chi connectivity index (χ1n) is 4.64. The average Bonchev–Trinajstić information content (AvgIpc) is 2.27. The number of aliphatic hydroxyl groups excluding tert-OH is 1. The normalized spacial score (nSPS) is 12.0. The van der Waals surface area contributed by atoms with Crippen molar-refractivity contribution in [1.82, 2.24) is 0 Å². The average molecular weight is 226 g/mol. The number of rotatable bonds is 4. The molecule has 2 N–H and O–H groups in total. The number of ether oxygens (including phenoxy) is 2. The van der Waals surface area contributed by atoms with Gasteiger partial charge < -0.3 is 19.7 Å². The van der Waals surface area contributed by atoms with Crippen LogP contribution >= 0.6 is 0 Å². The van der Waals surface area contributed by atoms with Gasteiger partial charge in [0.05, 0.1) is 14.2 Å². The van der Waals surface area contributed by atoms with E-state index < -0.39 is 12.1 Å². The number of carbonyl (C=O) groups is 1. The number of aryl methyl sites for hydroxylation is 1. The standard InChI is InChI=1S/C11H14O5/c1-6-4-8(15-2)9(16-3)5-7(6)10(12)11(13)14/h4-5,10,12H,1-3H3,(H,13,14). The van der Waals surface area contributed by atoms with Crippen molar-refractivity contribution in [2.75, 3.05) is 14.2 Å². The Labute approximate surface area is 93.2 Å². The minimum absolute atomic E-state index is 0.296. The summed E-state index contributed by atoms with van der Waals surface area (Å²) in [6, 6.07) is 3.09. The molecular weight excluding hydrogens is 212 g/mol. The highest BCUT2D eigenvalue weighted by Crippen LogP contribution is 2.32. The molecule has 1 aromatic carbocycles. The minimum Gasteiger partial charge on any atom is -0.493 e. The zero-order chi connectivity index (χ0) is 12.3. The van der Waals surface area contributed by atoms with Gasteiger partial charge in [-0.1, -0.05) is 0 Å². The van der Waals surface area contributed by atoms with Crippen LogP contribution in [0.3, 0.4) is 0 Å². The fourth-order valence-electron chi connectivity index (χ4n) is 1.42. The van der Waals surface area contributed by atoms with Crippen molar-refractivity contribution in [2.45, 2.75) is 13.0 Å². The third-order valence-corrected chi connectivity index (χ3v) is 2.30. The van der Waals surface area contributed by atoms with Gasteiger partial charge in [0.15, 0.2) is 17.6 Å². The van der Waals surface area contributed by atoms with Crippen LogP contribution in [-0.2, 0) is 4.79 Å². The monoisotopic (exact) mass is 226 g/mol. The molecule has 0 aromatic heterocycles. The fraction of sp³-hybridized carbons (Fsp3) is 0.364. The zero-order valence-electron chi connectivity index (χ0n) is 9.35. The molecule has 0 fully saturated rings. The van der Waals surface area contributed by atoms with Gasteiger partial charge in [0.2, 0.25) is 0 Å². The van der Waals surface area contributed by atoms with E-state index in [4.69, 9.17) is 14.6 Å². The quantitative estimate of drug-likeness (QED) is 0.804. The molecule has 5 nitrogen and oxygen atoms in total. The van der Waals surface area contributed by atoms with E-state index in [2.05, 4.69) is 0 Å². The number of methoxy groups -OCH3 is 2. The predicted octanol–water partition coefficient (Wildman–Crippen LogP) is 1.13. The van der Waals surface area contributed by atoms with Crippen molar-refractivity contribution in [2.24, 2.45) is 0 Å². The molecule has 1 atom stereocenters. The highest BCUT2D eigenvalue weighted by molar-refractivity contribution is 5.75. The number of hydrogen-bond donors (Lipinski definition) is 2. The number of benzene rings is 1. The number of aliphatic hydroxyl groups is 1. The Hall–Kier alpha value is -1.75. The third-order valence-electron chi connectivity index (χ3n) is 2.30. The second kappa shape index (κ2) is 4.85. The van der Waals surface area contributed by atoms with Gasteiger partial charge in [0.25, 0.3) is 0 Å². The first-order valence-corrected chi connectivity index (χ1v) is 4.64. The van der Waals surface area contributed by atoms with Crippen LogP contribution in [0.25, 0.3) is 0 Å². The smallest absolute Gasteiger partial charge is 0.337 e. The highest BCUT2D eigenvalue weighted by atomic mass is 16.5. The molecule has 0 aliphatic heterocycles. The van der Waals surface area contributed by atoms with Crippen molar-refractivity contribution in [3.8, 4) is 11.5 Å². The Kier molecular flexibility index (Phi) is 3.73. The van der Waals surface area contributed by atoms with Crippen molar-refractivity contribution < 1.29 is 24.5 Å². The van der Waals surface area contributed by atoms with E-state index >= 15 is 0 Å². The summed E-state index contributed by atoms with van der Waals surface area (Å²) in [5.41, 5.74) is 0.928. The number of aliphatic carboxylic acids is 1. The fourth-order valence-corrected chi connectivity index (χ4v) is 1.42. The maximum absolute atomic E-state index is 10.7. The molecule has 0 aliphatic carbocycles. The number of carboxylic acid groups (broad SMARTS) is 1. The van der Waals surface area contributed by atoms with Crippen LogP contribution in [0.5, 0.6) is 11.5 Å². The molecule has 1 aromatic rings. The van der Waals surface area contributed by atoms with E-state index in [0.29, 0.717) is 22.6 Å². The van der Waals surface area contributed by atoms with Crippen LogP contribution in [0.15, 0.2) is 12.1 Å². The van der Waals surface area contributed by atoms with Crippen LogP contribution in [-0.4, -0.2) is 30.4 Å². The van der Waals surface area contributed by atoms with Gasteiger partial charge in [-0.25, -0.2) is 4.79 Å². The maximum atomic E-state index is 10.7. The van der Waals surface area contributed by atoms with Gasteiger partial charge in [0.1, 0.15) is 0 Å². The van der Waals surface area contributed by atoms with E-state index in [9.17, 15) is 9.90 Å². The summed E-state index contributed by atoms with van der Waals surface area (Å²) in [5.74, 6) is -0.403. The lowest BCUT2D eigenvalue weighted by molar-refractivity contribution is -0.147. The van der Waals surface area contributed by atoms with Crippen molar-refractivity contribution in [1.29, 1.82) is 0 Å². The Balaban J connectivity index is 3.26. The van der Waals surface area contributed by atoms with Crippen molar-refractivity contribution in [3.63, 3.8) is 0 Å². The lowest BCUT2D eigenvalue weighted by Crippen LogP contribution is -2.12. The van der Waals surface area contributed by atoms with Crippen LogP contribution in [0.1, 0.15) is 17.2 Å². The Morgan fingerprint density at radius 2 is 1.75 bits per heavy atom. The topological polar surface area (TPSA) is 76.0 Å². The number of hydrogen-bond acceptors (Lipinski definition) is 4. The second-order valence-corrected chi connectivity index (χ2v) is 3.30. The van der Waals surface area contributed by atoms with E-state index in [0.717, 1.165) is 0 Å². The molecule has 1 rings (SSSR count). The molecule has 0 radical (unpaired) electrons. The van der Waals surface area contributed by atoms with Crippen molar-refractivity contribution >= 4 is 5.97 Å². The summed E-state index contributed by atoms with van der Waals surface area (Å²) >= 11 is 0. The molecule has 5 heteroatoms. The van der Waals surface area contributed by atoms with E-state index in [1.807, 2.05) is 0 Å². The highest BCUT2D eigenvalue weighted by Gasteiger charge is 2.20. The lowest BCUT2D eigenvalue weighted by Gasteiger charge is -2.14. The van der Waals surface area contributed by atoms with E-state index in [1.165, 1.54) is 20.3 Å². The van der Waals surface area contributed by atoms with E-state index in [-0.39, 0.29) is 0 Å². The van der Waals surface area contributed by atoms with Crippen molar-refractivity contribution in [3.05, 3.63) is 23.3 Å². The van der Waals surface area contributed by atoms with Crippen LogP contribution in [0.4, 0.5) is 0 Å². The second-order valence-electron chi connectivity index (χ2n) is 3.30. The van der Waals surface area contributed by atoms with Gasteiger partial charge in [-0.3, -0.25) is 0 Å². The molecule has 16 heavy (non-hydrogen) atoms. The molecular formula is C11H14O5. The summed E-state index contributed by atoms with van der Waals surface area (Å²) in [7, 11) is 2.94. The summed E-state index contributed by atoms with van der Waals surface area (Å²) in [5, 5.41) is 18.2. The molecule has 0 bridgehead atoms. The van der Waals surface area contributed by atoms with Crippen LogP contribution in [0.2, 0.25) is 0 Å². The SMILES string of the molecule is COc1cc(C)c(C(O)C(=O)O)cc1OC. The summed E-state index contributed by atoms with van der Waals surface area (Å²) in [6.07, 6.45) is -1.56. The zero-order valence-corrected chi connectivity index (χ0v) is 9.35. The van der Waals surface area contributed by atoms with Gasteiger partial charge in [0, 0.05) is 0 Å². The maximum Gasteiger partial charge on any atom is 0.337 e. The Morgan fingerprint density at radius 3 is 2.19 bits per heavy atom. The largest absolute Gasteiger partial charge is 0.493 e. The summed E-state index contributed by atoms with van der Waals surface area (Å²) in [6.45, 7) is 1.70. The Morgan fingerprint density at radius 1 is 1.25 bits per heavy atom. The van der Waals surface area contributed by atoms with Gasteiger partial charge in [-0.2, -0.15) is 0 Å². The molecule has 0 heterocycles. The first kappa shape index (κ1) is 12.3. The Bertz CT molecular complexity index is 400. The third kappa shape index (κ3) is 2.25. The minimum atomic E-state index is -1.56. The van der Waals surface area contributed by atoms with Crippen LogP contribution < -0.4 is 9.47 Å². The first-order chi connectivity index (χ1) is 7.51. The molecule has 0 saturated heterocycles. The van der Waals surface area contributed by atoms with Crippen LogP contribution in [0, 0.1) is 6.92 Å².